The van der Waals surface area contributed by atoms with E-state index < -0.39 is 248 Å². The van der Waals surface area contributed by atoms with E-state index in [0.29, 0.717) is 0 Å². The Labute approximate surface area is 738 Å². The summed E-state index contributed by atoms with van der Waals surface area (Å²) in [5, 5.41) is 37.2. The van der Waals surface area contributed by atoms with E-state index in [9.17, 15) is 103 Å². The molecule has 5 rings (SSSR count). The van der Waals surface area contributed by atoms with Crippen LogP contribution in [0.1, 0.15) is 6.92 Å². The first-order chi connectivity index (χ1) is 41.5. The number of aliphatic hydroxyl groups excluding tert-OH is 1. The van der Waals surface area contributed by atoms with Crippen LogP contribution in [0.15, 0.2) is 0 Å². The van der Waals surface area contributed by atoms with Crippen molar-refractivity contribution in [1.29, 1.82) is 0 Å². The number of carbonyl (C=O) groups excluding carboxylic acids is 2. The minimum absolute atomic E-state index is 0. The van der Waals surface area contributed by atoms with E-state index >= 15 is 0 Å². The van der Waals surface area contributed by atoms with Crippen LogP contribution in [0, 0.1) is 0 Å². The van der Waals surface area contributed by atoms with Crippen LogP contribution >= 0.6 is 0 Å². The molecule has 0 radical (unpaired) electrons. The third-order valence-corrected chi connectivity index (χ3v) is 15.9. The molecule has 0 saturated carbocycles. The van der Waals surface area contributed by atoms with E-state index in [0.717, 1.165) is 42.7 Å². The van der Waals surface area contributed by atoms with Crippen LogP contribution in [0.4, 0.5) is 0 Å². The molecule has 60 heteroatoms. The number of nitrogens with two attached hydrogens (primary N) is 1. The molecule has 0 aromatic rings. The molecule has 0 spiro atoms. The summed E-state index contributed by atoms with van der Waals surface area (Å²) in [4.78, 5) is 26.1. The fraction of sp³-hybridized carbons (Fsp3) is 0.947. The first-order valence-corrected chi connectivity index (χ1v) is 32.8. The van der Waals surface area contributed by atoms with Crippen molar-refractivity contribution < 1.29 is 440 Å². The topological polar surface area (TPSA) is 673 Å². The van der Waals surface area contributed by atoms with E-state index in [4.69, 9.17) is 81.5 Å². The summed E-state index contributed by atoms with van der Waals surface area (Å²) in [5.74, 6) is -4.75. The van der Waals surface area contributed by atoms with E-state index in [1.165, 1.54) is 6.92 Å². The van der Waals surface area contributed by atoms with E-state index in [-0.39, 0.29) is 243 Å². The number of methoxy groups -OCH3 is 6. The van der Waals surface area contributed by atoms with E-state index in [1.807, 2.05) is 0 Å². The van der Waals surface area contributed by atoms with Gasteiger partial charge in [0.2, 0.25) is 62.4 Å². The third kappa shape index (κ3) is 32.5. The Kier molecular flexibility index (Phi) is 53.6. The zero-order valence-corrected chi connectivity index (χ0v) is 75.6. The van der Waals surface area contributed by atoms with Gasteiger partial charge in [0.15, 0.2) is 43.7 Å². The van der Waals surface area contributed by atoms with Gasteiger partial charge in [0.25, 0.3) is 0 Å². The Morgan fingerprint density at radius 2 is 0.643 bits per heavy atom. The summed E-state index contributed by atoms with van der Waals surface area (Å²) in [6.07, 6.45) is -56.8. The minimum atomic E-state index is -6.46. The fourth-order valence-corrected chi connectivity index (χ4v) is 12.2. The van der Waals surface area contributed by atoms with Gasteiger partial charge < -0.3 is 134 Å². The molecule has 0 aromatic carbocycles. The Balaban J connectivity index is -0.00000552. The molecule has 3 N–H and O–H groups in total. The molecule has 5 saturated heterocycles. The molecule has 98 heavy (non-hydrogen) atoms. The van der Waals surface area contributed by atoms with Crippen LogP contribution in [-0.2, 0) is 173 Å². The van der Waals surface area contributed by atoms with Gasteiger partial charge in [0.05, 0.1) is 37.8 Å². The summed E-state index contributed by atoms with van der Waals surface area (Å²) < 4.78 is 331. The maximum Gasteiger partial charge on any atom is 1.00 e. The van der Waals surface area contributed by atoms with Crippen LogP contribution in [0.25, 0.3) is 0 Å². The van der Waals surface area contributed by atoms with Crippen molar-refractivity contribution in [3.63, 3.8) is 0 Å². The number of ether oxygens (including phenoxy) is 16. The first-order valence-electron chi connectivity index (χ1n) is 24.8. The first kappa shape index (κ1) is 110. The van der Waals surface area contributed by atoms with Gasteiger partial charge in [-0.2, -0.15) is 0 Å². The molecule has 0 aliphatic carbocycles. The van der Waals surface area contributed by atoms with E-state index in [1.54, 1.807) is 0 Å². The zero-order valence-electron chi connectivity index (χ0n) is 54.7. The number of hydrogen-bond acceptors (Lipinski definition) is 46. The van der Waals surface area contributed by atoms with Crippen molar-refractivity contribution >= 4 is 74.3 Å². The van der Waals surface area contributed by atoms with Crippen molar-refractivity contribution in [3.8, 4) is 0 Å². The van der Waals surface area contributed by atoms with Gasteiger partial charge in [-0.1, -0.05) is 0 Å². The maximum absolute atomic E-state index is 13.1. The Morgan fingerprint density at radius 1 is 0.367 bits per heavy atom. The average Bonchev–Trinajstić information content (AvgIpc) is 0.764. The molecule has 0 unspecified atom stereocenters. The second-order valence-electron chi connectivity index (χ2n) is 18.7. The van der Waals surface area contributed by atoms with Crippen molar-refractivity contribution in [1.82, 2.24) is 0 Å². The van der Waals surface area contributed by atoms with Crippen molar-refractivity contribution in [3.05, 3.63) is 0 Å². The number of rotatable bonds is 33. The average molecular weight is 1620 g/mol. The predicted octanol–water partition coefficient (Wildman–Crippen LogP) is -36.5. The van der Waals surface area contributed by atoms with Gasteiger partial charge in [-0.05, 0) is 6.92 Å². The van der Waals surface area contributed by atoms with Crippen molar-refractivity contribution in [2.75, 3.05) is 69.1 Å². The van der Waals surface area contributed by atoms with E-state index in [2.05, 4.69) is 25.1 Å². The van der Waals surface area contributed by atoms with Crippen LogP contribution in [0.5, 0.6) is 0 Å². The second kappa shape index (κ2) is 47.8. The molecule has 0 aromatic heterocycles. The van der Waals surface area contributed by atoms with Gasteiger partial charge >= 0.3 is 236 Å². The molecule has 5 heterocycles. The molecule has 0 bridgehead atoms. The number of carboxylic acid groups (broad SMARTS) is 2. The number of hydrogen-bond donors (Lipinski definition) is 2. The Hall–Kier alpha value is 5.44. The molecular formula is C38H57NNa8O45S6. The smallest absolute Gasteiger partial charge is 0.726 e. The minimum Gasteiger partial charge on any atom is -0.726 e. The van der Waals surface area contributed by atoms with Gasteiger partial charge in [0, 0.05) is 49.3 Å². The predicted molar refractivity (Wildman–Crippen MR) is 254 cm³/mol. The number of carboxylic acids is 2. The molecule has 5 fully saturated rings. The quantitative estimate of drug-likeness (QED) is 0.0350. The van der Waals surface area contributed by atoms with Crippen molar-refractivity contribution in [2.45, 2.75) is 160 Å². The SMILES string of the molecule is CCO[C@H]1[C@H](O)[C@@H](N)[C@@H](O[C@H]2[C@H](OC)[C@@H](OC)[C@H](O[C@H]3[C@H](OS(=O)(=O)[O-])[C@@H](OS(=O)(=O)[O-])[C@@H](O[C@H]4[C@H](OC)[C@@H](OC)[C@@H](O[C@H]5[C@H](OC)[C@@H](OS(=O)(=O)[O-])[C@@H](OC)O[C@@H]5COS(=O)(=O)[O-])O[C@@H]4C(=O)[O-])O[C@@H]3COS(=O)(=O)[O-])O[C@@H]2C(=O)[O-])O[C@@H]1COS(=O)(=O)[O-].[Na+].[Na+].[Na+].[Na+].[Na+].[Na+].[Na+].[Na+]. The van der Waals surface area contributed by atoms with Gasteiger partial charge in [0.1, 0.15) is 104 Å². The summed E-state index contributed by atoms with van der Waals surface area (Å²) in [5.41, 5.74) is 6.16. The summed E-state index contributed by atoms with van der Waals surface area (Å²) in [7, 11) is -30.9. The maximum atomic E-state index is 13.1. The molecular weight excluding hydrogens is 1570 g/mol. The number of carbonyl (C=O) groups is 2. The molecule has 25 atom stereocenters. The third-order valence-electron chi connectivity index (χ3n) is 13.3. The zero-order chi connectivity index (χ0) is 68.0. The Morgan fingerprint density at radius 3 is 0.959 bits per heavy atom. The molecule has 5 aliphatic heterocycles. The summed E-state index contributed by atoms with van der Waals surface area (Å²) in [6, 6.07) is -1.79. The van der Waals surface area contributed by atoms with Gasteiger partial charge in [-0.3, -0.25) is 25.1 Å². The van der Waals surface area contributed by atoms with Crippen LogP contribution < -0.4 is 252 Å². The molecule has 46 nitrogen and oxygen atoms in total. The second-order valence-corrected chi connectivity index (χ2v) is 24.9. The van der Waals surface area contributed by atoms with Gasteiger partial charge in [-0.15, -0.1) is 0 Å². The van der Waals surface area contributed by atoms with Crippen LogP contribution in [0.2, 0.25) is 0 Å². The number of aliphatic hydroxyl groups is 1. The Bertz CT molecular complexity index is 3110. The number of aliphatic carboxylic acids is 2. The molecule has 528 valence electrons. The normalized spacial score (nSPS) is 35.4. The monoisotopic (exact) mass is 1620 g/mol. The fourth-order valence-electron chi connectivity index (χ4n) is 9.86. The van der Waals surface area contributed by atoms with Gasteiger partial charge in [-0.25, -0.2) is 50.5 Å². The summed E-state index contributed by atoms with van der Waals surface area (Å²) >= 11 is 0. The van der Waals surface area contributed by atoms with Crippen molar-refractivity contribution in [2.24, 2.45) is 5.73 Å². The molecule has 0 amide bonds. The van der Waals surface area contributed by atoms with Crippen LogP contribution in [0.3, 0.4) is 0 Å². The summed E-state index contributed by atoms with van der Waals surface area (Å²) in [6.45, 7) is -3.17. The standard InChI is InChI=1S/C38H65NO45S6.8Na/c1-8-69-17-12(9-70-85(45,46)47)73-34(15(39)16(17)40)78-23-21(64-3)28(66-5)37(80-26(23)32(41)42)77-19-14(11-72-87(51,52)53)75-38(31(84-90(60,61)62)25(19)82-88(54,55)56)79-24-22(65-4)29(67-6)36(81-27(24)33(43)44)76-18-13(10-71-86(48,49)50)74-35(68-7)30(20(18)63-2)83-89(57,58)59;;;;;;;;/h12-31,34-38,40H,8-11,39H2,1-7H3,(H,41,42)(H,43,44)(H,45,46,47)(H,48,49,50)(H,51,52,53)(H,54,55,56)(H,57,58,59)(H,60,61,62);;;;;;;;/q;8*+1/p-8/t12-,13-,14-,15-,16-,17-,18-,19-,20+,21+,22+,23+,24+,25+,26+,27+,28-,29-,30-,31-,34-,35+,36+,37-,38-;;;;;;;;/m1......../s1. The largest absolute Gasteiger partial charge is 1.00 e. The molecule has 5 aliphatic rings. The van der Waals surface area contributed by atoms with Crippen LogP contribution in [-0.4, -0.2) is 317 Å².